The van der Waals surface area contributed by atoms with Gasteiger partial charge in [0.05, 0.1) is 10.7 Å². The SMILES string of the molecule is COCC(=O)N1CCCN(C)CCN(C(=O)c2ccc(Cl)c(N3CCCC3)c2)Cc2ccccc21. The minimum Gasteiger partial charge on any atom is -0.375 e. The van der Waals surface area contributed by atoms with Gasteiger partial charge in [-0.3, -0.25) is 9.59 Å². The molecule has 0 atom stereocenters. The van der Waals surface area contributed by atoms with E-state index in [-0.39, 0.29) is 18.4 Å². The van der Waals surface area contributed by atoms with E-state index in [1.165, 1.54) is 7.11 Å². The molecule has 0 bridgehead atoms. The van der Waals surface area contributed by atoms with Crippen LogP contribution in [0.25, 0.3) is 0 Å². The lowest BCUT2D eigenvalue weighted by Gasteiger charge is -2.28. The van der Waals surface area contributed by atoms with E-state index in [4.69, 9.17) is 16.3 Å². The van der Waals surface area contributed by atoms with Gasteiger partial charge in [-0.2, -0.15) is 0 Å². The van der Waals surface area contributed by atoms with Crippen LogP contribution in [-0.4, -0.2) is 81.6 Å². The Morgan fingerprint density at radius 1 is 0.914 bits per heavy atom. The number of hydrogen-bond donors (Lipinski definition) is 0. The van der Waals surface area contributed by atoms with Crippen molar-refractivity contribution < 1.29 is 14.3 Å². The summed E-state index contributed by atoms with van der Waals surface area (Å²) in [5, 5.41) is 0.679. The zero-order valence-electron chi connectivity index (χ0n) is 20.7. The van der Waals surface area contributed by atoms with Gasteiger partial charge in [-0.15, -0.1) is 0 Å². The van der Waals surface area contributed by atoms with Gasteiger partial charge in [0.25, 0.3) is 11.8 Å². The molecular weight excluding hydrogens is 464 g/mol. The van der Waals surface area contributed by atoms with E-state index in [0.29, 0.717) is 30.2 Å². The lowest BCUT2D eigenvalue weighted by atomic mass is 10.1. The molecule has 0 aromatic heterocycles. The monoisotopic (exact) mass is 498 g/mol. The molecule has 0 saturated carbocycles. The Hall–Kier alpha value is -2.61. The number of carbonyl (C=O) groups excluding carboxylic acids is 2. The molecule has 1 saturated heterocycles. The molecule has 1 fully saturated rings. The third-order valence-electron chi connectivity index (χ3n) is 6.81. The summed E-state index contributed by atoms with van der Waals surface area (Å²) in [5.74, 6) is -0.105. The van der Waals surface area contributed by atoms with Crippen molar-refractivity contribution in [2.24, 2.45) is 0 Å². The van der Waals surface area contributed by atoms with Gasteiger partial charge in [0.1, 0.15) is 6.61 Å². The summed E-state index contributed by atoms with van der Waals surface area (Å²) in [6.07, 6.45) is 3.12. The number of anilines is 2. The fourth-order valence-electron chi connectivity index (χ4n) is 4.88. The number of methoxy groups -OCH3 is 1. The first-order chi connectivity index (χ1) is 17.0. The van der Waals surface area contributed by atoms with Crippen LogP contribution in [0.1, 0.15) is 35.2 Å². The maximum Gasteiger partial charge on any atom is 0.254 e. The van der Waals surface area contributed by atoms with Gasteiger partial charge >= 0.3 is 0 Å². The molecule has 2 aliphatic heterocycles. The van der Waals surface area contributed by atoms with Crippen molar-refractivity contribution in [2.75, 3.05) is 69.8 Å². The van der Waals surface area contributed by atoms with E-state index in [9.17, 15) is 9.59 Å². The molecule has 0 unspecified atom stereocenters. The first-order valence-electron chi connectivity index (χ1n) is 12.4. The Bertz CT molecular complexity index is 1040. The number of amides is 2. The molecule has 4 rings (SSSR count). The second kappa shape index (κ2) is 11.9. The largest absolute Gasteiger partial charge is 0.375 e. The minimum atomic E-state index is -0.0762. The maximum absolute atomic E-state index is 13.8. The average Bonchev–Trinajstić information content (AvgIpc) is 3.38. The Labute approximate surface area is 213 Å². The minimum absolute atomic E-state index is 0.0247. The Kier molecular flexibility index (Phi) is 8.65. The zero-order chi connectivity index (χ0) is 24.8. The molecule has 0 aliphatic carbocycles. The van der Waals surface area contributed by atoms with Gasteiger partial charge in [-0.25, -0.2) is 0 Å². The Balaban J connectivity index is 1.66. The van der Waals surface area contributed by atoms with Gasteiger partial charge in [0.2, 0.25) is 0 Å². The number of likely N-dealkylation sites (N-methyl/N-ethyl adjacent to an activating group) is 1. The molecule has 8 heteroatoms. The van der Waals surface area contributed by atoms with Gasteiger partial charge in [0.15, 0.2) is 0 Å². The van der Waals surface area contributed by atoms with Crippen LogP contribution in [0.3, 0.4) is 0 Å². The van der Waals surface area contributed by atoms with Crippen LogP contribution in [-0.2, 0) is 16.1 Å². The summed E-state index contributed by atoms with van der Waals surface area (Å²) in [6, 6.07) is 13.4. The second-order valence-corrected chi connectivity index (χ2v) is 9.76. The topological polar surface area (TPSA) is 56.3 Å². The summed E-state index contributed by atoms with van der Waals surface area (Å²) in [7, 11) is 3.59. The number of nitrogens with zero attached hydrogens (tertiary/aromatic N) is 4. The first kappa shape index (κ1) is 25.5. The maximum atomic E-state index is 13.8. The van der Waals surface area contributed by atoms with E-state index in [2.05, 4.69) is 16.8 Å². The van der Waals surface area contributed by atoms with Gasteiger partial charge in [-0.1, -0.05) is 29.8 Å². The first-order valence-corrected chi connectivity index (χ1v) is 12.7. The third kappa shape index (κ3) is 6.15. The highest BCUT2D eigenvalue weighted by Crippen LogP contribution is 2.31. The molecule has 2 aromatic carbocycles. The van der Waals surface area contributed by atoms with Crippen LogP contribution >= 0.6 is 11.6 Å². The predicted molar refractivity (Wildman–Crippen MR) is 140 cm³/mol. The molecule has 2 heterocycles. The fraction of sp³-hybridized carbons (Fsp3) is 0.481. The number of halogens is 1. The number of rotatable bonds is 4. The quantitative estimate of drug-likeness (QED) is 0.640. The summed E-state index contributed by atoms with van der Waals surface area (Å²) in [4.78, 5) is 34.9. The van der Waals surface area contributed by atoms with E-state index < -0.39 is 0 Å². The summed E-state index contributed by atoms with van der Waals surface area (Å²) in [6.45, 7) is 5.16. The fourth-order valence-corrected chi connectivity index (χ4v) is 5.11. The lowest BCUT2D eigenvalue weighted by Crippen LogP contribution is -2.37. The van der Waals surface area contributed by atoms with Crippen LogP contribution in [0.4, 0.5) is 11.4 Å². The molecule has 2 amide bonds. The van der Waals surface area contributed by atoms with Crippen molar-refractivity contribution in [1.82, 2.24) is 9.80 Å². The molecule has 2 aromatic rings. The van der Waals surface area contributed by atoms with E-state index in [0.717, 1.165) is 62.4 Å². The molecule has 7 nitrogen and oxygen atoms in total. The molecule has 188 valence electrons. The molecule has 0 spiro atoms. The van der Waals surface area contributed by atoms with Crippen molar-refractivity contribution in [3.63, 3.8) is 0 Å². The highest BCUT2D eigenvalue weighted by atomic mass is 35.5. The van der Waals surface area contributed by atoms with Gasteiger partial charge in [-0.05, 0) is 62.7 Å². The third-order valence-corrected chi connectivity index (χ3v) is 7.13. The summed E-state index contributed by atoms with van der Waals surface area (Å²) >= 11 is 6.51. The molecular formula is C27H35ClN4O3. The smallest absolute Gasteiger partial charge is 0.254 e. The number of para-hydroxylation sites is 1. The van der Waals surface area contributed by atoms with Crippen molar-refractivity contribution in [3.05, 3.63) is 58.6 Å². The van der Waals surface area contributed by atoms with Crippen LogP contribution in [0.15, 0.2) is 42.5 Å². The molecule has 2 aliphatic rings. The normalized spacial score (nSPS) is 17.7. The average molecular weight is 499 g/mol. The van der Waals surface area contributed by atoms with E-state index >= 15 is 0 Å². The van der Waals surface area contributed by atoms with Crippen molar-refractivity contribution in [2.45, 2.75) is 25.8 Å². The highest BCUT2D eigenvalue weighted by molar-refractivity contribution is 6.33. The van der Waals surface area contributed by atoms with Crippen molar-refractivity contribution in [1.29, 1.82) is 0 Å². The lowest BCUT2D eigenvalue weighted by molar-refractivity contribution is -0.122. The second-order valence-electron chi connectivity index (χ2n) is 9.35. The van der Waals surface area contributed by atoms with Crippen molar-refractivity contribution in [3.8, 4) is 0 Å². The van der Waals surface area contributed by atoms with Crippen molar-refractivity contribution >= 4 is 34.8 Å². The zero-order valence-corrected chi connectivity index (χ0v) is 21.5. The van der Waals surface area contributed by atoms with Crippen LogP contribution in [0.2, 0.25) is 5.02 Å². The number of hydrogen-bond acceptors (Lipinski definition) is 5. The molecule has 0 radical (unpaired) electrons. The van der Waals surface area contributed by atoms with E-state index in [1.807, 2.05) is 47.4 Å². The van der Waals surface area contributed by atoms with Crippen LogP contribution in [0, 0.1) is 0 Å². The van der Waals surface area contributed by atoms with E-state index in [1.54, 1.807) is 4.90 Å². The predicted octanol–water partition coefficient (Wildman–Crippen LogP) is 3.90. The Morgan fingerprint density at radius 2 is 1.69 bits per heavy atom. The number of fused-ring (bicyclic) bond motifs is 1. The van der Waals surface area contributed by atoms with Gasteiger partial charge < -0.3 is 24.3 Å². The summed E-state index contributed by atoms with van der Waals surface area (Å²) < 4.78 is 5.14. The van der Waals surface area contributed by atoms with Gasteiger partial charge in [0, 0.05) is 57.6 Å². The molecule has 0 N–H and O–H groups in total. The van der Waals surface area contributed by atoms with Crippen LogP contribution < -0.4 is 9.80 Å². The Morgan fingerprint density at radius 3 is 2.46 bits per heavy atom. The number of ether oxygens (including phenoxy) is 1. The molecule has 35 heavy (non-hydrogen) atoms. The highest BCUT2D eigenvalue weighted by Gasteiger charge is 2.25. The standard InChI is InChI=1S/C27H35ClN4O3/c1-29-12-7-15-32(26(33)20-35-2)24-9-4-3-8-22(24)19-31(17-16-29)27(34)21-10-11-23(28)25(18-21)30-13-5-6-14-30/h3-4,8-11,18H,5-7,12-17,19-20H2,1-2H3. The number of carbonyl (C=O) groups is 2. The number of benzene rings is 2. The van der Waals surface area contributed by atoms with Crippen LogP contribution in [0.5, 0.6) is 0 Å². The summed E-state index contributed by atoms with van der Waals surface area (Å²) in [5.41, 5.74) is 3.36.